The maximum Gasteiger partial charge on any atom is 0.104 e. The SMILES string of the molecule is OC(C1=CCC(Br)(Br)C=C1)c1ccccc1. The van der Waals surface area contributed by atoms with Crippen molar-refractivity contribution in [2.75, 3.05) is 0 Å². The second-order valence-electron chi connectivity index (χ2n) is 3.82. The zero-order valence-corrected chi connectivity index (χ0v) is 11.8. The molecule has 1 nitrogen and oxygen atoms in total. The number of allylic oxidation sites excluding steroid dienone is 2. The molecule has 1 aromatic carbocycles. The lowest BCUT2D eigenvalue weighted by molar-refractivity contribution is 0.219. The Labute approximate surface area is 112 Å². The first-order chi connectivity index (χ1) is 7.58. The van der Waals surface area contributed by atoms with Gasteiger partial charge in [0.15, 0.2) is 0 Å². The third-order valence-corrected chi connectivity index (χ3v) is 3.74. The largest absolute Gasteiger partial charge is 0.384 e. The van der Waals surface area contributed by atoms with E-state index in [9.17, 15) is 5.11 Å². The molecule has 1 unspecified atom stereocenters. The van der Waals surface area contributed by atoms with Crippen molar-refractivity contribution in [3.05, 3.63) is 59.7 Å². The Bertz CT molecular complexity index is 421. The van der Waals surface area contributed by atoms with Crippen molar-refractivity contribution in [2.45, 2.75) is 15.8 Å². The van der Waals surface area contributed by atoms with E-state index in [1.807, 2.05) is 48.6 Å². The average Bonchev–Trinajstić information content (AvgIpc) is 2.29. The Morgan fingerprint density at radius 2 is 1.88 bits per heavy atom. The molecule has 0 bridgehead atoms. The van der Waals surface area contributed by atoms with Gasteiger partial charge >= 0.3 is 0 Å². The first-order valence-electron chi connectivity index (χ1n) is 5.09. The van der Waals surface area contributed by atoms with Crippen LogP contribution in [0, 0.1) is 0 Å². The molecule has 1 aliphatic rings. The van der Waals surface area contributed by atoms with Gasteiger partial charge in [-0.3, -0.25) is 0 Å². The van der Waals surface area contributed by atoms with Gasteiger partial charge in [0.05, 0.1) is 0 Å². The molecule has 1 aromatic rings. The van der Waals surface area contributed by atoms with Crippen LogP contribution in [0.1, 0.15) is 18.1 Å². The van der Waals surface area contributed by atoms with Crippen molar-refractivity contribution in [3.8, 4) is 0 Å². The molecule has 0 spiro atoms. The van der Waals surface area contributed by atoms with E-state index in [0.29, 0.717) is 0 Å². The summed E-state index contributed by atoms with van der Waals surface area (Å²) < 4.78 is -0.153. The maximum atomic E-state index is 10.2. The zero-order chi connectivity index (χ0) is 11.6. The second kappa shape index (κ2) is 4.86. The third kappa shape index (κ3) is 2.84. The molecular weight excluding hydrogens is 332 g/mol. The molecule has 1 N–H and O–H groups in total. The summed E-state index contributed by atoms with van der Waals surface area (Å²) in [6.07, 6.45) is 6.29. The van der Waals surface area contributed by atoms with Crippen LogP contribution in [0.4, 0.5) is 0 Å². The van der Waals surface area contributed by atoms with E-state index in [-0.39, 0.29) is 3.23 Å². The Kier molecular flexibility index (Phi) is 3.67. The van der Waals surface area contributed by atoms with Crippen LogP contribution < -0.4 is 0 Å². The van der Waals surface area contributed by atoms with E-state index >= 15 is 0 Å². The van der Waals surface area contributed by atoms with Crippen LogP contribution in [0.25, 0.3) is 0 Å². The summed E-state index contributed by atoms with van der Waals surface area (Å²) in [5.74, 6) is 0. The van der Waals surface area contributed by atoms with Gasteiger partial charge in [-0.25, -0.2) is 0 Å². The number of halogens is 2. The van der Waals surface area contributed by atoms with Crippen molar-refractivity contribution in [1.82, 2.24) is 0 Å². The minimum absolute atomic E-state index is 0.153. The molecule has 84 valence electrons. The molecule has 1 aliphatic carbocycles. The molecule has 3 heteroatoms. The van der Waals surface area contributed by atoms with Gasteiger partial charge in [-0.05, 0) is 17.6 Å². The third-order valence-electron chi connectivity index (χ3n) is 2.56. The van der Waals surface area contributed by atoms with Crippen LogP contribution in [0.3, 0.4) is 0 Å². The lowest BCUT2D eigenvalue weighted by Gasteiger charge is -2.21. The molecule has 0 radical (unpaired) electrons. The molecule has 0 fully saturated rings. The van der Waals surface area contributed by atoms with Crippen molar-refractivity contribution >= 4 is 31.9 Å². The second-order valence-corrected chi connectivity index (χ2v) is 7.71. The standard InChI is InChI=1S/C13H12Br2O/c14-13(15)8-6-11(7-9-13)12(16)10-4-2-1-3-5-10/h1-8,12,16H,9H2. The van der Waals surface area contributed by atoms with Crippen LogP contribution in [0.2, 0.25) is 0 Å². The molecule has 0 saturated heterocycles. The van der Waals surface area contributed by atoms with Crippen molar-refractivity contribution < 1.29 is 5.11 Å². The molecule has 1 atom stereocenters. The van der Waals surface area contributed by atoms with E-state index in [2.05, 4.69) is 31.9 Å². The molecule has 2 rings (SSSR count). The summed E-state index contributed by atoms with van der Waals surface area (Å²) >= 11 is 7.06. The first kappa shape index (κ1) is 12.1. The number of benzene rings is 1. The minimum atomic E-state index is -0.534. The topological polar surface area (TPSA) is 20.2 Å². The van der Waals surface area contributed by atoms with Gasteiger partial charge in [0.1, 0.15) is 9.34 Å². The van der Waals surface area contributed by atoms with Gasteiger partial charge in [-0.15, -0.1) is 0 Å². The Morgan fingerprint density at radius 1 is 1.19 bits per heavy atom. The van der Waals surface area contributed by atoms with E-state index < -0.39 is 6.10 Å². The Morgan fingerprint density at radius 3 is 2.44 bits per heavy atom. The van der Waals surface area contributed by atoms with E-state index in [1.54, 1.807) is 0 Å². The lowest BCUT2D eigenvalue weighted by Crippen LogP contribution is -2.11. The number of aliphatic hydroxyl groups excluding tert-OH is 1. The summed E-state index contributed by atoms with van der Waals surface area (Å²) in [6, 6.07) is 9.69. The van der Waals surface area contributed by atoms with Crippen LogP contribution in [0.5, 0.6) is 0 Å². The molecule has 16 heavy (non-hydrogen) atoms. The van der Waals surface area contributed by atoms with E-state index in [0.717, 1.165) is 17.6 Å². The first-order valence-corrected chi connectivity index (χ1v) is 6.67. The number of alkyl halides is 2. The molecule has 0 heterocycles. The lowest BCUT2D eigenvalue weighted by atomic mass is 9.97. The minimum Gasteiger partial charge on any atom is -0.384 e. The number of hydrogen-bond donors (Lipinski definition) is 1. The fraction of sp³-hybridized carbons (Fsp3) is 0.231. The Balaban J connectivity index is 2.17. The normalized spacial score (nSPS) is 20.3. The summed E-state index contributed by atoms with van der Waals surface area (Å²) in [5, 5.41) is 10.2. The number of rotatable bonds is 2. The number of aliphatic hydroxyl groups is 1. The molecule has 0 aliphatic heterocycles. The van der Waals surface area contributed by atoms with Gasteiger partial charge < -0.3 is 5.11 Å². The molecular formula is C13H12Br2O. The molecule has 0 aromatic heterocycles. The van der Waals surface area contributed by atoms with E-state index in [1.165, 1.54) is 0 Å². The fourth-order valence-corrected chi connectivity index (χ4v) is 2.23. The van der Waals surface area contributed by atoms with Crippen molar-refractivity contribution in [1.29, 1.82) is 0 Å². The highest BCUT2D eigenvalue weighted by Gasteiger charge is 2.23. The summed E-state index contributed by atoms with van der Waals surface area (Å²) in [4.78, 5) is 0. The van der Waals surface area contributed by atoms with E-state index in [4.69, 9.17) is 0 Å². The summed E-state index contributed by atoms with van der Waals surface area (Å²) in [5.41, 5.74) is 1.87. The predicted molar refractivity (Wildman–Crippen MR) is 73.8 cm³/mol. The van der Waals surface area contributed by atoms with Gasteiger partial charge in [0.2, 0.25) is 0 Å². The highest BCUT2D eigenvalue weighted by atomic mass is 79.9. The molecule has 0 saturated carbocycles. The smallest absolute Gasteiger partial charge is 0.104 e. The molecule has 0 amide bonds. The fourth-order valence-electron chi connectivity index (χ4n) is 1.64. The summed E-state index contributed by atoms with van der Waals surface area (Å²) in [6.45, 7) is 0. The van der Waals surface area contributed by atoms with Gasteiger partial charge in [-0.1, -0.05) is 80.4 Å². The highest BCUT2D eigenvalue weighted by molar-refractivity contribution is 9.25. The quantitative estimate of drug-likeness (QED) is 0.802. The Hall–Kier alpha value is -0.380. The van der Waals surface area contributed by atoms with Gasteiger partial charge in [0, 0.05) is 0 Å². The van der Waals surface area contributed by atoms with Crippen molar-refractivity contribution in [2.24, 2.45) is 0 Å². The van der Waals surface area contributed by atoms with Crippen LogP contribution >= 0.6 is 31.9 Å². The zero-order valence-electron chi connectivity index (χ0n) is 8.61. The van der Waals surface area contributed by atoms with Crippen molar-refractivity contribution in [3.63, 3.8) is 0 Å². The van der Waals surface area contributed by atoms with Crippen LogP contribution in [-0.2, 0) is 0 Å². The number of hydrogen-bond acceptors (Lipinski definition) is 1. The summed E-state index contributed by atoms with van der Waals surface area (Å²) in [7, 11) is 0. The van der Waals surface area contributed by atoms with Gasteiger partial charge in [-0.2, -0.15) is 0 Å². The highest BCUT2D eigenvalue weighted by Crippen LogP contribution is 2.38. The maximum absolute atomic E-state index is 10.2. The monoisotopic (exact) mass is 342 g/mol. The predicted octanol–water partition coefficient (Wildman–Crippen LogP) is 4.09. The van der Waals surface area contributed by atoms with Gasteiger partial charge in [0.25, 0.3) is 0 Å². The average molecular weight is 344 g/mol. The van der Waals surface area contributed by atoms with Crippen LogP contribution in [-0.4, -0.2) is 8.34 Å². The van der Waals surface area contributed by atoms with Crippen LogP contribution in [0.15, 0.2) is 54.1 Å².